The summed E-state index contributed by atoms with van der Waals surface area (Å²) in [6, 6.07) is 10.6. The molecule has 0 bridgehead atoms. The Bertz CT molecular complexity index is 535. The van der Waals surface area contributed by atoms with Gasteiger partial charge in [0.25, 0.3) is 0 Å². The van der Waals surface area contributed by atoms with E-state index in [9.17, 15) is 0 Å². The fourth-order valence-electron chi connectivity index (χ4n) is 2.02. The number of aromatic nitrogens is 2. The van der Waals surface area contributed by atoms with E-state index in [2.05, 4.69) is 46.5 Å². The van der Waals surface area contributed by atoms with Crippen molar-refractivity contribution in [3.05, 3.63) is 41.7 Å². The Morgan fingerprint density at radius 1 is 1.17 bits per heavy atom. The predicted molar refractivity (Wildman–Crippen MR) is 75.7 cm³/mol. The number of nitrogens with zero attached hydrogens (tertiary/aromatic N) is 2. The van der Waals surface area contributed by atoms with Crippen LogP contribution < -0.4 is 5.32 Å². The van der Waals surface area contributed by atoms with Crippen molar-refractivity contribution in [3.63, 3.8) is 0 Å². The number of anilines is 1. The molecule has 0 aliphatic carbocycles. The first kappa shape index (κ1) is 12.6. The summed E-state index contributed by atoms with van der Waals surface area (Å²) in [7, 11) is 1.87. The molecule has 0 aliphatic rings. The molecule has 0 fully saturated rings. The Labute approximate surface area is 108 Å². The molecular weight excluding hydrogens is 222 g/mol. The van der Waals surface area contributed by atoms with E-state index in [4.69, 9.17) is 0 Å². The molecule has 0 atom stereocenters. The first-order chi connectivity index (χ1) is 8.72. The van der Waals surface area contributed by atoms with Gasteiger partial charge in [-0.2, -0.15) is 0 Å². The van der Waals surface area contributed by atoms with Crippen LogP contribution in [0.15, 0.2) is 30.3 Å². The lowest BCUT2D eigenvalue weighted by Crippen LogP contribution is -1.98. The largest absolute Gasteiger partial charge is 0.373 e. The van der Waals surface area contributed by atoms with Crippen molar-refractivity contribution in [2.45, 2.75) is 26.7 Å². The van der Waals surface area contributed by atoms with Gasteiger partial charge in [-0.15, -0.1) is 0 Å². The quantitative estimate of drug-likeness (QED) is 0.891. The molecule has 94 valence electrons. The summed E-state index contributed by atoms with van der Waals surface area (Å²) in [5.41, 5.74) is 3.49. The van der Waals surface area contributed by atoms with Gasteiger partial charge in [0.15, 0.2) is 0 Å². The van der Waals surface area contributed by atoms with Crippen molar-refractivity contribution < 1.29 is 0 Å². The Kier molecular flexibility index (Phi) is 3.92. The van der Waals surface area contributed by atoms with E-state index in [0.29, 0.717) is 0 Å². The standard InChI is InChI=1S/C15H19N3/c1-4-6-12-7-5-8-13(9-12)14-10-15(16-3)18-11(2)17-14/h5,7-10H,4,6H2,1-3H3,(H,16,17,18). The van der Waals surface area contributed by atoms with Crippen LogP contribution >= 0.6 is 0 Å². The number of rotatable bonds is 4. The lowest BCUT2D eigenvalue weighted by Gasteiger charge is -2.07. The van der Waals surface area contributed by atoms with Gasteiger partial charge in [-0.3, -0.25) is 0 Å². The van der Waals surface area contributed by atoms with Crippen LogP contribution in [-0.4, -0.2) is 17.0 Å². The van der Waals surface area contributed by atoms with E-state index < -0.39 is 0 Å². The van der Waals surface area contributed by atoms with Crippen molar-refractivity contribution in [1.29, 1.82) is 0 Å². The molecule has 0 unspecified atom stereocenters. The summed E-state index contributed by atoms with van der Waals surface area (Å²) in [4.78, 5) is 8.82. The van der Waals surface area contributed by atoms with Crippen LogP contribution in [0.5, 0.6) is 0 Å². The molecule has 1 aromatic heterocycles. The van der Waals surface area contributed by atoms with E-state index in [1.165, 1.54) is 5.56 Å². The molecule has 0 radical (unpaired) electrons. The van der Waals surface area contributed by atoms with Crippen LogP contribution in [0.1, 0.15) is 24.7 Å². The molecule has 0 amide bonds. The lowest BCUT2D eigenvalue weighted by atomic mass is 10.0. The summed E-state index contributed by atoms with van der Waals surface area (Å²) in [5, 5.41) is 3.07. The van der Waals surface area contributed by atoms with Gasteiger partial charge in [0.1, 0.15) is 11.6 Å². The van der Waals surface area contributed by atoms with Gasteiger partial charge in [0, 0.05) is 18.7 Å². The molecule has 3 heteroatoms. The Balaban J connectivity index is 2.41. The zero-order valence-electron chi connectivity index (χ0n) is 11.2. The summed E-state index contributed by atoms with van der Waals surface area (Å²) in [6.45, 7) is 4.11. The maximum Gasteiger partial charge on any atom is 0.130 e. The average molecular weight is 241 g/mol. The molecule has 0 spiro atoms. The molecule has 1 aromatic carbocycles. The first-order valence-corrected chi connectivity index (χ1v) is 6.35. The van der Waals surface area contributed by atoms with Crippen LogP contribution in [0.2, 0.25) is 0 Å². The number of benzene rings is 1. The SMILES string of the molecule is CCCc1cccc(-c2cc(NC)nc(C)n2)c1. The van der Waals surface area contributed by atoms with Crippen LogP contribution in [0.25, 0.3) is 11.3 Å². The van der Waals surface area contributed by atoms with Gasteiger partial charge in [-0.1, -0.05) is 31.5 Å². The van der Waals surface area contributed by atoms with Gasteiger partial charge in [0.05, 0.1) is 5.69 Å². The van der Waals surface area contributed by atoms with Crippen LogP contribution in [0, 0.1) is 6.92 Å². The second kappa shape index (κ2) is 5.63. The van der Waals surface area contributed by atoms with Crippen molar-refractivity contribution >= 4 is 5.82 Å². The third-order valence-corrected chi connectivity index (χ3v) is 2.86. The van der Waals surface area contributed by atoms with E-state index in [0.717, 1.165) is 35.7 Å². The molecular formula is C15H19N3. The molecule has 0 saturated heterocycles. The van der Waals surface area contributed by atoms with Crippen LogP contribution in [0.4, 0.5) is 5.82 Å². The highest BCUT2D eigenvalue weighted by Gasteiger charge is 2.04. The number of hydrogen-bond acceptors (Lipinski definition) is 3. The molecule has 1 N–H and O–H groups in total. The fraction of sp³-hybridized carbons (Fsp3) is 0.333. The zero-order chi connectivity index (χ0) is 13.0. The molecule has 1 heterocycles. The second-order valence-electron chi connectivity index (χ2n) is 4.39. The van der Waals surface area contributed by atoms with Crippen molar-refractivity contribution in [2.75, 3.05) is 12.4 Å². The highest BCUT2D eigenvalue weighted by molar-refractivity contribution is 5.63. The molecule has 0 saturated carbocycles. The van der Waals surface area contributed by atoms with Gasteiger partial charge in [-0.25, -0.2) is 9.97 Å². The Morgan fingerprint density at radius 3 is 2.72 bits per heavy atom. The molecule has 18 heavy (non-hydrogen) atoms. The first-order valence-electron chi connectivity index (χ1n) is 6.35. The number of aryl methyl sites for hydroxylation is 2. The summed E-state index contributed by atoms with van der Waals surface area (Å²) < 4.78 is 0. The minimum atomic E-state index is 0.790. The predicted octanol–water partition coefficient (Wildman–Crippen LogP) is 3.45. The maximum atomic E-state index is 4.50. The van der Waals surface area contributed by atoms with E-state index in [-0.39, 0.29) is 0 Å². The van der Waals surface area contributed by atoms with Crippen molar-refractivity contribution in [1.82, 2.24) is 9.97 Å². The minimum Gasteiger partial charge on any atom is -0.373 e. The second-order valence-corrected chi connectivity index (χ2v) is 4.39. The van der Waals surface area contributed by atoms with Crippen molar-refractivity contribution in [3.8, 4) is 11.3 Å². The zero-order valence-corrected chi connectivity index (χ0v) is 11.2. The molecule has 2 aromatic rings. The number of hydrogen-bond donors (Lipinski definition) is 1. The van der Waals surface area contributed by atoms with Gasteiger partial charge in [-0.05, 0) is 25.0 Å². The van der Waals surface area contributed by atoms with Gasteiger partial charge >= 0.3 is 0 Å². The van der Waals surface area contributed by atoms with Gasteiger partial charge < -0.3 is 5.32 Å². The molecule has 3 nitrogen and oxygen atoms in total. The smallest absolute Gasteiger partial charge is 0.130 e. The van der Waals surface area contributed by atoms with Crippen LogP contribution in [-0.2, 0) is 6.42 Å². The highest BCUT2D eigenvalue weighted by Crippen LogP contribution is 2.21. The Morgan fingerprint density at radius 2 is 2.00 bits per heavy atom. The molecule has 2 rings (SSSR count). The fourth-order valence-corrected chi connectivity index (χ4v) is 2.02. The normalized spacial score (nSPS) is 10.4. The summed E-state index contributed by atoms with van der Waals surface area (Å²) in [6.07, 6.45) is 2.27. The maximum absolute atomic E-state index is 4.50. The summed E-state index contributed by atoms with van der Waals surface area (Å²) >= 11 is 0. The van der Waals surface area contributed by atoms with Crippen molar-refractivity contribution in [2.24, 2.45) is 0 Å². The van der Waals surface area contributed by atoms with Gasteiger partial charge in [0.2, 0.25) is 0 Å². The third kappa shape index (κ3) is 2.86. The average Bonchev–Trinajstić information content (AvgIpc) is 2.39. The third-order valence-electron chi connectivity index (χ3n) is 2.86. The minimum absolute atomic E-state index is 0.790. The van der Waals surface area contributed by atoms with E-state index in [1.54, 1.807) is 0 Å². The molecule has 0 aliphatic heterocycles. The lowest BCUT2D eigenvalue weighted by molar-refractivity contribution is 0.922. The monoisotopic (exact) mass is 241 g/mol. The topological polar surface area (TPSA) is 37.8 Å². The Hall–Kier alpha value is -1.90. The highest BCUT2D eigenvalue weighted by atomic mass is 15.0. The van der Waals surface area contributed by atoms with Crippen LogP contribution in [0.3, 0.4) is 0 Å². The summed E-state index contributed by atoms with van der Waals surface area (Å²) in [5.74, 6) is 1.65. The van der Waals surface area contributed by atoms with E-state index >= 15 is 0 Å². The van der Waals surface area contributed by atoms with E-state index in [1.807, 2.05) is 20.0 Å². The number of nitrogens with one attached hydrogen (secondary N) is 1.